The standard InChI is InChI=1S/C25H22FNO5S/c1-31-18-9-8-15(13-19(18)32-2)10-11-27-22(16-5-3-6-17(26)14-16)21(24(29)25(27)30)23(28)20-7-4-12-33-20/h3-9,12-14,22,29H,10-11H2,1-2H3/t22-/m1/s1. The van der Waals surface area contributed by atoms with E-state index >= 15 is 0 Å². The van der Waals surface area contributed by atoms with Crippen molar-refractivity contribution in [2.45, 2.75) is 12.5 Å². The minimum absolute atomic E-state index is 0.0413. The van der Waals surface area contributed by atoms with Gasteiger partial charge in [-0.2, -0.15) is 0 Å². The molecule has 0 fully saturated rings. The van der Waals surface area contributed by atoms with Crippen LogP contribution in [-0.2, 0) is 11.2 Å². The van der Waals surface area contributed by atoms with Gasteiger partial charge >= 0.3 is 0 Å². The van der Waals surface area contributed by atoms with Crippen molar-refractivity contribution >= 4 is 23.0 Å². The van der Waals surface area contributed by atoms with E-state index in [1.54, 1.807) is 36.8 Å². The summed E-state index contributed by atoms with van der Waals surface area (Å²) in [5.41, 5.74) is 1.25. The van der Waals surface area contributed by atoms with Crippen LogP contribution in [0, 0.1) is 5.82 Å². The van der Waals surface area contributed by atoms with Gasteiger partial charge in [-0.25, -0.2) is 4.39 Å². The van der Waals surface area contributed by atoms with Gasteiger partial charge < -0.3 is 19.5 Å². The molecule has 33 heavy (non-hydrogen) atoms. The molecular formula is C25H22FNO5S. The van der Waals surface area contributed by atoms with Crippen molar-refractivity contribution < 1.29 is 28.6 Å². The van der Waals surface area contributed by atoms with E-state index < -0.39 is 29.3 Å². The Hall–Kier alpha value is -3.65. The first-order chi connectivity index (χ1) is 15.9. The van der Waals surface area contributed by atoms with Crippen molar-refractivity contribution in [3.8, 4) is 11.5 Å². The number of rotatable bonds is 8. The molecule has 0 saturated carbocycles. The van der Waals surface area contributed by atoms with E-state index in [1.807, 2.05) is 12.1 Å². The number of carbonyl (C=O) groups is 2. The Morgan fingerprint density at radius 1 is 1.09 bits per heavy atom. The minimum atomic E-state index is -0.900. The van der Waals surface area contributed by atoms with E-state index in [-0.39, 0.29) is 12.1 Å². The highest BCUT2D eigenvalue weighted by molar-refractivity contribution is 7.12. The number of benzene rings is 2. The van der Waals surface area contributed by atoms with Gasteiger partial charge in [0.05, 0.1) is 30.7 Å². The maximum Gasteiger partial charge on any atom is 0.290 e. The molecule has 0 bridgehead atoms. The molecule has 1 amide bonds. The van der Waals surface area contributed by atoms with E-state index in [0.29, 0.717) is 28.4 Å². The Morgan fingerprint density at radius 3 is 2.55 bits per heavy atom. The monoisotopic (exact) mass is 467 g/mol. The van der Waals surface area contributed by atoms with Gasteiger partial charge in [0, 0.05) is 6.54 Å². The average Bonchev–Trinajstić information content (AvgIpc) is 3.45. The maximum absolute atomic E-state index is 14.1. The Morgan fingerprint density at radius 2 is 1.88 bits per heavy atom. The number of thiophene rings is 1. The first-order valence-electron chi connectivity index (χ1n) is 10.2. The third-order valence-corrected chi connectivity index (χ3v) is 6.42. The van der Waals surface area contributed by atoms with Crippen LogP contribution in [0.2, 0.25) is 0 Å². The highest BCUT2D eigenvalue weighted by Crippen LogP contribution is 2.40. The lowest BCUT2D eigenvalue weighted by Crippen LogP contribution is -2.33. The lowest BCUT2D eigenvalue weighted by molar-refractivity contribution is -0.129. The molecule has 1 aliphatic heterocycles. The average molecular weight is 468 g/mol. The molecule has 0 spiro atoms. The van der Waals surface area contributed by atoms with Gasteiger partial charge in [-0.05, 0) is 53.3 Å². The first-order valence-corrected chi connectivity index (χ1v) is 11.1. The molecule has 0 unspecified atom stereocenters. The van der Waals surface area contributed by atoms with Crippen molar-refractivity contribution in [2.75, 3.05) is 20.8 Å². The molecular weight excluding hydrogens is 445 g/mol. The lowest BCUT2D eigenvalue weighted by Gasteiger charge is -2.27. The predicted octanol–water partition coefficient (Wildman–Crippen LogP) is 4.73. The van der Waals surface area contributed by atoms with Crippen LogP contribution >= 0.6 is 11.3 Å². The quantitative estimate of drug-likeness (QED) is 0.485. The van der Waals surface area contributed by atoms with Crippen molar-refractivity contribution in [1.82, 2.24) is 4.90 Å². The molecule has 8 heteroatoms. The Balaban J connectivity index is 1.68. The fourth-order valence-electron chi connectivity index (χ4n) is 3.97. The number of hydrogen-bond donors (Lipinski definition) is 1. The highest BCUT2D eigenvalue weighted by Gasteiger charge is 2.43. The number of halogens is 1. The summed E-state index contributed by atoms with van der Waals surface area (Å²) in [6.07, 6.45) is 0.422. The molecule has 170 valence electrons. The van der Waals surface area contributed by atoms with Crippen molar-refractivity contribution in [3.05, 3.63) is 93.1 Å². The maximum atomic E-state index is 14.1. The Labute approximate surface area is 194 Å². The van der Waals surface area contributed by atoms with E-state index in [9.17, 15) is 19.1 Å². The molecule has 0 radical (unpaired) electrons. The third-order valence-electron chi connectivity index (χ3n) is 5.55. The van der Waals surface area contributed by atoms with Gasteiger partial charge in [0.2, 0.25) is 5.78 Å². The number of ketones is 1. The zero-order valence-electron chi connectivity index (χ0n) is 18.1. The summed E-state index contributed by atoms with van der Waals surface area (Å²) in [6.45, 7) is 0.195. The van der Waals surface area contributed by atoms with Crippen LogP contribution in [0.15, 0.2) is 71.3 Å². The molecule has 2 heterocycles. The number of carbonyl (C=O) groups excluding carboxylic acids is 2. The molecule has 2 aromatic carbocycles. The van der Waals surface area contributed by atoms with E-state index in [0.717, 1.165) is 5.56 Å². The van der Waals surface area contributed by atoms with Crippen LogP contribution in [0.25, 0.3) is 0 Å². The van der Waals surface area contributed by atoms with E-state index in [2.05, 4.69) is 0 Å². The van der Waals surface area contributed by atoms with Gasteiger partial charge in [0.1, 0.15) is 5.82 Å². The molecule has 1 N–H and O–H groups in total. The Kier molecular flexibility index (Phi) is 6.46. The Bertz CT molecular complexity index is 1220. The largest absolute Gasteiger partial charge is 0.503 e. The molecule has 0 aliphatic carbocycles. The molecule has 1 aliphatic rings. The summed E-state index contributed by atoms with van der Waals surface area (Å²) in [4.78, 5) is 28.0. The van der Waals surface area contributed by atoms with Crippen LogP contribution in [0.4, 0.5) is 4.39 Å². The number of methoxy groups -OCH3 is 2. The van der Waals surface area contributed by atoms with Gasteiger partial charge in [-0.1, -0.05) is 24.3 Å². The molecule has 3 aromatic rings. The van der Waals surface area contributed by atoms with Gasteiger partial charge in [-0.3, -0.25) is 9.59 Å². The number of amides is 1. The number of aliphatic hydroxyl groups excluding tert-OH is 1. The van der Waals surface area contributed by atoms with E-state index in [4.69, 9.17) is 9.47 Å². The number of Topliss-reactive ketones (excluding diaryl/α,β-unsaturated/α-hetero) is 1. The normalized spacial score (nSPS) is 15.8. The predicted molar refractivity (Wildman–Crippen MR) is 122 cm³/mol. The van der Waals surface area contributed by atoms with Crippen LogP contribution in [-0.4, -0.2) is 42.5 Å². The van der Waals surface area contributed by atoms with Crippen LogP contribution in [0.5, 0.6) is 11.5 Å². The van der Waals surface area contributed by atoms with Crippen molar-refractivity contribution in [3.63, 3.8) is 0 Å². The fraction of sp³-hybridized carbons (Fsp3) is 0.200. The number of aliphatic hydroxyl groups is 1. The first kappa shape index (κ1) is 22.5. The van der Waals surface area contributed by atoms with E-state index in [1.165, 1.54) is 41.5 Å². The second-order valence-electron chi connectivity index (χ2n) is 7.46. The van der Waals surface area contributed by atoms with Crippen LogP contribution in [0.3, 0.4) is 0 Å². The molecule has 4 rings (SSSR count). The van der Waals surface area contributed by atoms with Gasteiger partial charge in [0.15, 0.2) is 17.3 Å². The van der Waals surface area contributed by atoms with Crippen molar-refractivity contribution in [2.24, 2.45) is 0 Å². The van der Waals surface area contributed by atoms with Gasteiger partial charge in [-0.15, -0.1) is 11.3 Å². The summed E-state index contributed by atoms with van der Waals surface area (Å²) in [5, 5.41) is 12.4. The molecule has 1 atom stereocenters. The van der Waals surface area contributed by atoms with Gasteiger partial charge in [0.25, 0.3) is 5.91 Å². The summed E-state index contributed by atoms with van der Waals surface area (Å²) in [6, 6.07) is 13.6. The topological polar surface area (TPSA) is 76.1 Å². The van der Waals surface area contributed by atoms with Crippen LogP contribution in [0.1, 0.15) is 26.8 Å². The summed E-state index contributed by atoms with van der Waals surface area (Å²) in [5.74, 6) is -1.06. The third kappa shape index (κ3) is 4.34. The highest BCUT2D eigenvalue weighted by atomic mass is 32.1. The van der Waals surface area contributed by atoms with Crippen molar-refractivity contribution in [1.29, 1.82) is 0 Å². The minimum Gasteiger partial charge on any atom is -0.503 e. The number of ether oxygens (including phenoxy) is 2. The zero-order valence-corrected chi connectivity index (χ0v) is 18.9. The summed E-state index contributed by atoms with van der Waals surface area (Å²) >= 11 is 1.22. The second-order valence-corrected chi connectivity index (χ2v) is 8.41. The smallest absolute Gasteiger partial charge is 0.290 e. The molecule has 0 saturated heterocycles. The summed E-state index contributed by atoms with van der Waals surface area (Å²) < 4.78 is 24.7. The van der Waals surface area contributed by atoms with Crippen LogP contribution < -0.4 is 9.47 Å². The molecule has 6 nitrogen and oxygen atoms in total. The summed E-state index contributed by atoms with van der Waals surface area (Å²) in [7, 11) is 3.08. The fourth-order valence-corrected chi connectivity index (χ4v) is 4.64. The molecule has 1 aromatic heterocycles. The number of hydrogen-bond acceptors (Lipinski definition) is 6. The SMILES string of the molecule is COc1ccc(CCN2C(=O)C(O)=C(C(=O)c3cccs3)[C@H]2c2cccc(F)c2)cc1OC. The lowest BCUT2D eigenvalue weighted by atomic mass is 9.95. The zero-order chi connectivity index (χ0) is 23.5. The number of nitrogens with zero attached hydrogens (tertiary/aromatic N) is 1. The second kappa shape index (κ2) is 9.46.